The van der Waals surface area contributed by atoms with Crippen molar-refractivity contribution in [1.82, 2.24) is 4.90 Å². The molecule has 1 N–H and O–H groups in total. The average molecular weight is 295 g/mol. The highest BCUT2D eigenvalue weighted by atomic mass is 19.1. The fourth-order valence-corrected chi connectivity index (χ4v) is 2.62. The molecule has 1 aliphatic rings. The summed E-state index contributed by atoms with van der Waals surface area (Å²) in [5, 5.41) is 8.58. The zero-order valence-corrected chi connectivity index (χ0v) is 12.3. The number of hydrogen-bond donors (Lipinski definition) is 1. The Bertz CT molecular complexity index is 484. The molecule has 116 valence electrons. The van der Waals surface area contributed by atoms with Crippen molar-refractivity contribution < 1.29 is 19.0 Å². The number of benzene rings is 1. The van der Waals surface area contributed by atoms with Crippen LogP contribution in [0, 0.1) is 12.7 Å². The number of aliphatic carboxylic acids is 1. The van der Waals surface area contributed by atoms with Gasteiger partial charge < -0.3 is 9.84 Å². The zero-order chi connectivity index (χ0) is 15.2. The van der Waals surface area contributed by atoms with Gasteiger partial charge in [0.15, 0.2) is 0 Å². The van der Waals surface area contributed by atoms with Crippen LogP contribution in [0.25, 0.3) is 0 Å². The molecule has 0 bridgehead atoms. The lowest BCUT2D eigenvalue weighted by molar-refractivity contribution is -0.138. The van der Waals surface area contributed by atoms with Crippen LogP contribution in [0.3, 0.4) is 0 Å². The molecule has 5 heteroatoms. The Hall–Kier alpha value is -1.46. The van der Waals surface area contributed by atoms with Crippen molar-refractivity contribution in [2.45, 2.75) is 38.8 Å². The maximum absolute atomic E-state index is 13.1. The maximum atomic E-state index is 13.1. The first-order chi connectivity index (χ1) is 10.0. The number of carboxylic acid groups (broad SMARTS) is 1. The number of carbonyl (C=O) groups is 1. The number of carboxylic acids is 1. The van der Waals surface area contributed by atoms with E-state index < -0.39 is 5.97 Å². The zero-order valence-electron chi connectivity index (χ0n) is 12.3. The number of nitrogens with zero attached hydrogens (tertiary/aromatic N) is 1. The van der Waals surface area contributed by atoms with Gasteiger partial charge in [-0.05, 0) is 43.0 Å². The molecule has 0 unspecified atom stereocenters. The smallest absolute Gasteiger partial charge is 0.305 e. The Morgan fingerprint density at radius 1 is 1.43 bits per heavy atom. The summed E-state index contributed by atoms with van der Waals surface area (Å²) in [4.78, 5) is 12.8. The number of likely N-dealkylation sites (tertiary alicyclic amines) is 1. The van der Waals surface area contributed by atoms with Gasteiger partial charge in [0.25, 0.3) is 0 Å². The van der Waals surface area contributed by atoms with E-state index in [0.29, 0.717) is 0 Å². The van der Waals surface area contributed by atoms with Crippen molar-refractivity contribution in [3.8, 4) is 0 Å². The Kier molecular flexibility index (Phi) is 5.70. The Morgan fingerprint density at radius 2 is 2.14 bits per heavy atom. The molecule has 0 saturated carbocycles. The predicted octanol–water partition coefficient (Wildman–Crippen LogP) is 2.59. The molecule has 1 fully saturated rings. The van der Waals surface area contributed by atoms with Crippen molar-refractivity contribution >= 4 is 5.97 Å². The summed E-state index contributed by atoms with van der Waals surface area (Å²) in [5.41, 5.74) is 2.14. The van der Waals surface area contributed by atoms with Crippen LogP contribution >= 0.6 is 0 Å². The van der Waals surface area contributed by atoms with Crippen molar-refractivity contribution in [3.05, 3.63) is 35.1 Å². The first kappa shape index (κ1) is 15.9. The molecule has 21 heavy (non-hydrogen) atoms. The van der Waals surface area contributed by atoms with Crippen LogP contribution in [-0.2, 0) is 16.1 Å². The standard InChI is InChI=1S/C16H22FNO3/c1-12-10-14(17)3-2-13(12)11-18-7-4-15(5-8-18)21-9-6-16(19)20/h2-3,10,15H,4-9,11H2,1H3,(H,19,20). The van der Waals surface area contributed by atoms with Crippen molar-refractivity contribution in [1.29, 1.82) is 0 Å². The van der Waals surface area contributed by atoms with E-state index >= 15 is 0 Å². The monoisotopic (exact) mass is 295 g/mol. The lowest BCUT2D eigenvalue weighted by Gasteiger charge is -2.32. The second-order valence-corrected chi connectivity index (χ2v) is 5.56. The van der Waals surface area contributed by atoms with Gasteiger partial charge in [-0.1, -0.05) is 6.07 Å². The fourth-order valence-electron chi connectivity index (χ4n) is 2.62. The molecule has 0 atom stereocenters. The number of aryl methyl sites for hydroxylation is 1. The quantitative estimate of drug-likeness (QED) is 0.876. The number of rotatable bonds is 6. The molecule has 1 aliphatic heterocycles. The van der Waals surface area contributed by atoms with E-state index in [1.165, 1.54) is 6.07 Å². The van der Waals surface area contributed by atoms with Crippen LogP contribution in [0.5, 0.6) is 0 Å². The first-order valence-corrected chi connectivity index (χ1v) is 7.35. The van der Waals surface area contributed by atoms with E-state index in [0.717, 1.165) is 43.6 Å². The third kappa shape index (κ3) is 5.10. The van der Waals surface area contributed by atoms with E-state index in [9.17, 15) is 9.18 Å². The minimum absolute atomic E-state index is 0.0645. The number of ether oxygens (including phenoxy) is 1. The summed E-state index contributed by atoms with van der Waals surface area (Å²) in [6, 6.07) is 4.92. The van der Waals surface area contributed by atoms with Gasteiger partial charge in [0.2, 0.25) is 0 Å². The van der Waals surface area contributed by atoms with Gasteiger partial charge in [-0.15, -0.1) is 0 Å². The molecule has 1 heterocycles. The van der Waals surface area contributed by atoms with Crippen molar-refractivity contribution in [3.63, 3.8) is 0 Å². The molecular formula is C16H22FNO3. The van der Waals surface area contributed by atoms with Crippen molar-refractivity contribution in [2.75, 3.05) is 19.7 Å². The van der Waals surface area contributed by atoms with Gasteiger partial charge in [0.05, 0.1) is 19.1 Å². The van der Waals surface area contributed by atoms with Gasteiger partial charge in [-0.2, -0.15) is 0 Å². The predicted molar refractivity (Wildman–Crippen MR) is 77.6 cm³/mol. The molecule has 1 saturated heterocycles. The summed E-state index contributed by atoms with van der Waals surface area (Å²) in [5.74, 6) is -1.01. The fraction of sp³-hybridized carbons (Fsp3) is 0.562. The van der Waals surface area contributed by atoms with Crippen LogP contribution in [-0.4, -0.2) is 41.8 Å². The van der Waals surface area contributed by atoms with E-state index in [1.807, 2.05) is 13.0 Å². The molecule has 0 radical (unpaired) electrons. The third-order valence-electron chi connectivity index (χ3n) is 3.90. The highest BCUT2D eigenvalue weighted by molar-refractivity contribution is 5.66. The first-order valence-electron chi connectivity index (χ1n) is 7.35. The van der Waals surface area contributed by atoms with Gasteiger partial charge in [-0.3, -0.25) is 9.69 Å². The molecular weight excluding hydrogens is 273 g/mol. The lowest BCUT2D eigenvalue weighted by atomic mass is 10.0. The van der Waals surface area contributed by atoms with Gasteiger partial charge >= 0.3 is 5.97 Å². The van der Waals surface area contributed by atoms with Gasteiger partial charge in [0.1, 0.15) is 5.82 Å². The van der Waals surface area contributed by atoms with E-state index in [2.05, 4.69) is 4.90 Å². The molecule has 0 aliphatic carbocycles. The summed E-state index contributed by atoms with van der Waals surface area (Å²) < 4.78 is 18.7. The minimum atomic E-state index is -0.820. The second-order valence-electron chi connectivity index (χ2n) is 5.56. The minimum Gasteiger partial charge on any atom is -0.481 e. The molecule has 0 amide bonds. The lowest BCUT2D eigenvalue weighted by Crippen LogP contribution is -2.37. The number of piperidine rings is 1. The van der Waals surface area contributed by atoms with Gasteiger partial charge in [0, 0.05) is 19.6 Å². The topological polar surface area (TPSA) is 49.8 Å². The van der Waals surface area contributed by atoms with Crippen molar-refractivity contribution in [2.24, 2.45) is 0 Å². The Morgan fingerprint density at radius 3 is 2.76 bits per heavy atom. The summed E-state index contributed by atoms with van der Waals surface area (Å²) in [6.07, 6.45) is 2.06. The molecule has 0 aromatic heterocycles. The molecule has 1 aromatic carbocycles. The largest absolute Gasteiger partial charge is 0.481 e. The van der Waals surface area contributed by atoms with Crippen LogP contribution in [0.2, 0.25) is 0 Å². The summed E-state index contributed by atoms with van der Waals surface area (Å²) in [6.45, 7) is 4.90. The highest BCUT2D eigenvalue weighted by Crippen LogP contribution is 2.18. The summed E-state index contributed by atoms with van der Waals surface area (Å²) >= 11 is 0. The van der Waals surface area contributed by atoms with E-state index in [4.69, 9.17) is 9.84 Å². The second kappa shape index (κ2) is 7.52. The Labute approximate surface area is 124 Å². The molecule has 4 nitrogen and oxygen atoms in total. The molecule has 2 rings (SSSR count). The van der Waals surface area contributed by atoms with E-state index in [1.54, 1.807) is 6.07 Å². The van der Waals surface area contributed by atoms with Gasteiger partial charge in [-0.25, -0.2) is 4.39 Å². The average Bonchev–Trinajstić information content (AvgIpc) is 2.43. The molecule has 0 spiro atoms. The van der Waals surface area contributed by atoms with Crippen LogP contribution in [0.1, 0.15) is 30.4 Å². The Balaban J connectivity index is 1.75. The number of halogens is 1. The highest BCUT2D eigenvalue weighted by Gasteiger charge is 2.20. The maximum Gasteiger partial charge on any atom is 0.305 e. The molecule has 1 aromatic rings. The normalized spacial score (nSPS) is 17.0. The van der Waals surface area contributed by atoms with E-state index in [-0.39, 0.29) is 24.9 Å². The SMILES string of the molecule is Cc1cc(F)ccc1CN1CCC(OCCC(=O)O)CC1. The van der Waals surface area contributed by atoms with Crippen LogP contribution < -0.4 is 0 Å². The van der Waals surface area contributed by atoms with Crippen LogP contribution in [0.15, 0.2) is 18.2 Å². The number of hydrogen-bond acceptors (Lipinski definition) is 3. The summed E-state index contributed by atoms with van der Waals surface area (Å²) in [7, 11) is 0. The van der Waals surface area contributed by atoms with Crippen LogP contribution in [0.4, 0.5) is 4.39 Å². The third-order valence-corrected chi connectivity index (χ3v) is 3.90.